The number of carbonyl (C=O) groups excluding carboxylic acids is 1. The molecule has 1 amide bonds. The lowest BCUT2D eigenvalue weighted by Gasteiger charge is -2.28. The van der Waals surface area contributed by atoms with Gasteiger partial charge in [-0.25, -0.2) is 0 Å². The fourth-order valence-electron chi connectivity index (χ4n) is 3.06. The third-order valence-corrected chi connectivity index (χ3v) is 5.13. The fourth-order valence-corrected chi connectivity index (χ4v) is 3.06. The average molecular weight is 442 g/mol. The molecule has 0 aromatic carbocycles. The molecule has 3 heteroatoms. The number of carbonyl (C=O) groups is 1. The van der Waals surface area contributed by atoms with Gasteiger partial charge >= 0.3 is 0 Å². The van der Waals surface area contributed by atoms with Crippen LogP contribution >= 0.6 is 0 Å². The molecule has 0 saturated carbocycles. The quantitative estimate of drug-likeness (QED) is 0.124. The van der Waals surface area contributed by atoms with Crippen LogP contribution in [-0.4, -0.2) is 23.2 Å². The largest absolute Gasteiger partial charge is 0.388 e. The van der Waals surface area contributed by atoms with E-state index in [0.717, 1.165) is 57.8 Å². The Hall–Kier alpha value is -2.13. The zero-order valence-electron chi connectivity index (χ0n) is 20.8. The fraction of sp³-hybridized carbons (Fsp3) is 0.552. The molecular weight excluding hydrogens is 394 g/mol. The minimum Gasteiger partial charge on any atom is -0.388 e. The Kier molecular flexibility index (Phi) is 20.6. The zero-order chi connectivity index (χ0) is 23.8. The van der Waals surface area contributed by atoms with Gasteiger partial charge in [0.05, 0.1) is 5.60 Å². The van der Waals surface area contributed by atoms with E-state index in [1.54, 1.807) is 6.08 Å². The standard InChI is InChI=1S/C29H47NO2/c1-4-7-10-11-12-13-14-15-16-17-18-19-20-21-22-23-24-28(31)30-27-29(32,25-8-5-2)26-9-6-3/h11-18,21-24,32H,4-10,19-20,25-27H2,1-3H3,(H,30,31). The third-order valence-electron chi connectivity index (χ3n) is 5.13. The average Bonchev–Trinajstić information content (AvgIpc) is 2.80. The number of allylic oxidation sites excluding steroid dienone is 11. The van der Waals surface area contributed by atoms with Gasteiger partial charge in [-0.1, -0.05) is 126 Å². The second kappa shape index (κ2) is 22.1. The highest BCUT2D eigenvalue weighted by Gasteiger charge is 2.25. The normalized spacial score (nSPS) is 13.2. The Bertz CT molecular complexity index is 615. The molecule has 0 rings (SSSR count). The highest BCUT2D eigenvalue weighted by Crippen LogP contribution is 2.20. The van der Waals surface area contributed by atoms with Gasteiger partial charge in [0.1, 0.15) is 0 Å². The van der Waals surface area contributed by atoms with Crippen molar-refractivity contribution < 1.29 is 9.90 Å². The molecule has 0 aromatic heterocycles. The summed E-state index contributed by atoms with van der Waals surface area (Å²) >= 11 is 0. The predicted octanol–water partition coefficient (Wildman–Crippen LogP) is 7.52. The number of amides is 1. The predicted molar refractivity (Wildman–Crippen MR) is 141 cm³/mol. The van der Waals surface area contributed by atoms with E-state index < -0.39 is 5.60 Å². The number of aliphatic hydroxyl groups is 1. The van der Waals surface area contributed by atoms with Gasteiger partial charge in [-0.2, -0.15) is 0 Å². The van der Waals surface area contributed by atoms with E-state index in [0.29, 0.717) is 6.54 Å². The minimum atomic E-state index is -0.784. The van der Waals surface area contributed by atoms with Crippen LogP contribution in [-0.2, 0) is 4.79 Å². The molecule has 0 atom stereocenters. The summed E-state index contributed by atoms with van der Waals surface area (Å²) < 4.78 is 0. The van der Waals surface area contributed by atoms with Crippen LogP contribution in [0.4, 0.5) is 0 Å². The van der Waals surface area contributed by atoms with Gasteiger partial charge in [0, 0.05) is 12.6 Å². The van der Waals surface area contributed by atoms with Crippen molar-refractivity contribution in [1.82, 2.24) is 5.32 Å². The van der Waals surface area contributed by atoms with E-state index in [2.05, 4.69) is 62.5 Å². The smallest absolute Gasteiger partial charge is 0.244 e. The molecule has 0 radical (unpaired) electrons. The summed E-state index contributed by atoms with van der Waals surface area (Å²) in [5.41, 5.74) is -0.784. The van der Waals surface area contributed by atoms with E-state index in [4.69, 9.17) is 0 Å². The van der Waals surface area contributed by atoms with Crippen molar-refractivity contribution in [2.75, 3.05) is 6.54 Å². The number of rotatable bonds is 19. The molecule has 0 saturated heterocycles. The Balaban J connectivity index is 4.05. The summed E-state index contributed by atoms with van der Waals surface area (Å²) in [6.45, 7) is 6.76. The van der Waals surface area contributed by atoms with Gasteiger partial charge in [0.2, 0.25) is 5.91 Å². The summed E-state index contributed by atoms with van der Waals surface area (Å²) in [6, 6.07) is 0. The molecule has 0 fully saturated rings. The van der Waals surface area contributed by atoms with Crippen molar-refractivity contribution in [3.63, 3.8) is 0 Å². The van der Waals surface area contributed by atoms with Crippen LogP contribution < -0.4 is 5.32 Å². The second-order valence-corrected chi connectivity index (χ2v) is 8.28. The van der Waals surface area contributed by atoms with E-state index in [9.17, 15) is 9.90 Å². The van der Waals surface area contributed by atoms with Crippen molar-refractivity contribution in [1.29, 1.82) is 0 Å². The SMILES string of the molecule is CCCCC=CC=CC=CC=CCCC=CC=CC(=O)NCC(O)(CCCC)CCCC. The summed E-state index contributed by atoms with van der Waals surface area (Å²) in [5, 5.41) is 13.6. The van der Waals surface area contributed by atoms with Crippen LogP contribution in [0.25, 0.3) is 0 Å². The number of hydrogen-bond donors (Lipinski definition) is 2. The van der Waals surface area contributed by atoms with Crippen LogP contribution in [0, 0.1) is 0 Å². The van der Waals surface area contributed by atoms with Crippen molar-refractivity contribution in [2.24, 2.45) is 0 Å². The molecule has 0 aromatic rings. The summed E-state index contributed by atoms with van der Waals surface area (Å²) in [4.78, 5) is 12.0. The molecule has 180 valence electrons. The molecule has 0 bridgehead atoms. The van der Waals surface area contributed by atoms with Crippen LogP contribution in [0.1, 0.15) is 91.4 Å². The Morgan fingerprint density at radius 2 is 1.16 bits per heavy atom. The maximum Gasteiger partial charge on any atom is 0.244 e. The maximum absolute atomic E-state index is 12.0. The number of nitrogens with one attached hydrogen (secondary N) is 1. The Labute approximate surface area is 197 Å². The molecule has 0 aliphatic rings. The zero-order valence-corrected chi connectivity index (χ0v) is 20.8. The highest BCUT2D eigenvalue weighted by atomic mass is 16.3. The maximum atomic E-state index is 12.0. The molecule has 3 nitrogen and oxygen atoms in total. The molecule has 0 aliphatic carbocycles. The molecule has 0 unspecified atom stereocenters. The lowest BCUT2D eigenvalue weighted by atomic mass is 9.91. The third kappa shape index (κ3) is 19.8. The van der Waals surface area contributed by atoms with Crippen LogP contribution in [0.2, 0.25) is 0 Å². The summed E-state index contributed by atoms with van der Waals surface area (Å²) in [7, 11) is 0. The van der Waals surface area contributed by atoms with Crippen molar-refractivity contribution in [3.8, 4) is 0 Å². The van der Waals surface area contributed by atoms with Gasteiger partial charge in [-0.05, 0) is 32.1 Å². The number of unbranched alkanes of at least 4 members (excludes halogenated alkanes) is 5. The first-order valence-corrected chi connectivity index (χ1v) is 12.6. The van der Waals surface area contributed by atoms with Gasteiger partial charge in [0.25, 0.3) is 0 Å². The second-order valence-electron chi connectivity index (χ2n) is 8.28. The lowest BCUT2D eigenvalue weighted by molar-refractivity contribution is -0.118. The Morgan fingerprint density at radius 1 is 0.688 bits per heavy atom. The lowest BCUT2D eigenvalue weighted by Crippen LogP contribution is -2.42. The topological polar surface area (TPSA) is 49.3 Å². The molecule has 32 heavy (non-hydrogen) atoms. The van der Waals surface area contributed by atoms with Crippen LogP contribution in [0.15, 0.2) is 72.9 Å². The van der Waals surface area contributed by atoms with E-state index in [-0.39, 0.29) is 5.91 Å². The minimum absolute atomic E-state index is 0.153. The van der Waals surface area contributed by atoms with Crippen molar-refractivity contribution >= 4 is 5.91 Å². The molecule has 0 heterocycles. The van der Waals surface area contributed by atoms with Crippen molar-refractivity contribution in [3.05, 3.63) is 72.9 Å². The Morgan fingerprint density at radius 3 is 1.69 bits per heavy atom. The van der Waals surface area contributed by atoms with Gasteiger partial charge in [-0.15, -0.1) is 0 Å². The molecular formula is C29H47NO2. The van der Waals surface area contributed by atoms with Gasteiger partial charge in [-0.3, -0.25) is 4.79 Å². The first kappa shape index (κ1) is 29.9. The van der Waals surface area contributed by atoms with Gasteiger partial charge in [0.15, 0.2) is 0 Å². The molecule has 0 spiro atoms. The van der Waals surface area contributed by atoms with Crippen LogP contribution in [0.3, 0.4) is 0 Å². The van der Waals surface area contributed by atoms with Crippen molar-refractivity contribution in [2.45, 2.75) is 97.0 Å². The van der Waals surface area contributed by atoms with E-state index in [1.165, 1.54) is 18.9 Å². The van der Waals surface area contributed by atoms with Gasteiger partial charge < -0.3 is 10.4 Å². The molecule has 2 N–H and O–H groups in total. The van der Waals surface area contributed by atoms with E-state index in [1.807, 2.05) is 24.3 Å². The van der Waals surface area contributed by atoms with E-state index >= 15 is 0 Å². The first-order valence-electron chi connectivity index (χ1n) is 12.6. The summed E-state index contributed by atoms with van der Waals surface area (Å²) in [6.07, 6.45) is 35.0. The number of hydrogen-bond acceptors (Lipinski definition) is 2. The highest BCUT2D eigenvalue weighted by molar-refractivity contribution is 5.87. The monoisotopic (exact) mass is 441 g/mol. The molecule has 0 aliphatic heterocycles. The first-order chi connectivity index (χ1) is 15.6. The summed E-state index contributed by atoms with van der Waals surface area (Å²) in [5.74, 6) is -0.153. The van der Waals surface area contributed by atoms with Crippen LogP contribution in [0.5, 0.6) is 0 Å².